The van der Waals surface area contributed by atoms with Gasteiger partial charge >= 0.3 is 11.9 Å². The molecule has 4 unspecified atom stereocenters. The topological polar surface area (TPSA) is 61.8 Å². The predicted octanol–water partition coefficient (Wildman–Crippen LogP) is 1.68. The van der Waals surface area contributed by atoms with Crippen molar-refractivity contribution in [3.05, 3.63) is 0 Å². The summed E-state index contributed by atoms with van der Waals surface area (Å²) in [6, 6.07) is 0. The van der Waals surface area contributed by atoms with Crippen molar-refractivity contribution in [2.75, 3.05) is 6.61 Å². The van der Waals surface area contributed by atoms with E-state index in [1.165, 1.54) is 0 Å². The molecule has 0 radical (unpaired) electrons. The highest BCUT2D eigenvalue weighted by atomic mass is 16.7. The van der Waals surface area contributed by atoms with Crippen molar-refractivity contribution >= 4 is 11.9 Å². The molecule has 0 saturated carbocycles. The Bertz CT molecular complexity index is 371. The van der Waals surface area contributed by atoms with Gasteiger partial charge in [-0.25, -0.2) is 4.79 Å². The van der Waals surface area contributed by atoms with Gasteiger partial charge in [0.2, 0.25) is 6.10 Å². The van der Waals surface area contributed by atoms with Gasteiger partial charge in [0.1, 0.15) is 12.2 Å². The molecule has 0 bridgehead atoms. The molecule has 2 saturated heterocycles. The van der Waals surface area contributed by atoms with Crippen molar-refractivity contribution in [1.82, 2.24) is 0 Å². The molecule has 108 valence electrons. The zero-order valence-electron chi connectivity index (χ0n) is 12.0. The molecule has 0 aromatic carbocycles. The lowest BCUT2D eigenvalue weighted by Crippen LogP contribution is -2.36. The number of hydrogen-bond acceptors (Lipinski definition) is 5. The van der Waals surface area contributed by atoms with Crippen molar-refractivity contribution in [2.45, 2.75) is 58.8 Å². The molecule has 0 spiro atoms. The van der Waals surface area contributed by atoms with E-state index in [4.69, 9.17) is 14.2 Å². The molecule has 2 aliphatic rings. The van der Waals surface area contributed by atoms with Gasteiger partial charge in [-0.3, -0.25) is 4.79 Å². The van der Waals surface area contributed by atoms with E-state index in [-0.39, 0.29) is 23.4 Å². The first-order valence-electron chi connectivity index (χ1n) is 6.80. The van der Waals surface area contributed by atoms with Crippen LogP contribution in [0.4, 0.5) is 0 Å². The van der Waals surface area contributed by atoms with Gasteiger partial charge in [-0.1, -0.05) is 27.7 Å². The molecule has 4 atom stereocenters. The smallest absolute Gasteiger partial charge is 0.350 e. The summed E-state index contributed by atoms with van der Waals surface area (Å²) in [5.41, 5.74) is 0.0427. The maximum atomic E-state index is 12.0. The van der Waals surface area contributed by atoms with Gasteiger partial charge in [-0.2, -0.15) is 0 Å². The van der Waals surface area contributed by atoms with Crippen LogP contribution in [0.25, 0.3) is 0 Å². The largest absolute Gasteiger partial charge is 0.457 e. The number of hydrogen-bond donors (Lipinski definition) is 0. The molecule has 0 amide bonds. The van der Waals surface area contributed by atoms with Crippen LogP contribution in [-0.2, 0) is 23.8 Å². The highest BCUT2D eigenvalue weighted by Crippen LogP contribution is 2.31. The van der Waals surface area contributed by atoms with E-state index < -0.39 is 18.2 Å². The summed E-state index contributed by atoms with van der Waals surface area (Å²) >= 11 is 0. The third-order valence-electron chi connectivity index (χ3n) is 3.44. The summed E-state index contributed by atoms with van der Waals surface area (Å²) in [6.07, 6.45) is -0.159. The fraction of sp³-hybridized carbons (Fsp3) is 0.857. The summed E-state index contributed by atoms with van der Waals surface area (Å²) in [5, 5.41) is 0. The molecular weight excluding hydrogens is 248 g/mol. The standard InChI is InChI=1S/C14H22O5/c1-8(7-14(2,3)4)12(15)19-11-10-9(5-6-17-10)18-13(11)16/h8-11H,5-7H2,1-4H3. The van der Waals surface area contributed by atoms with E-state index in [1.807, 2.05) is 6.92 Å². The molecule has 0 aromatic rings. The second-order valence-electron chi connectivity index (χ2n) is 6.62. The van der Waals surface area contributed by atoms with Crippen molar-refractivity contribution in [3.63, 3.8) is 0 Å². The van der Waals surface area contributed by atoms with Crippen LogP contribution < -0.4 is 0 Å². The first-order chi connectivity index (χ1) is 8.78. The monoisotopic (exact) mass is 270 g/mol. The zero-order valence-corrected chi connectivity index (χ0v) is 12.0. The number of esters is 2. The average Bonchev–Trinajstić information content (AvgIpc) is 2.79. The normalized spacial score (nSPS) is 31.8. The third kappa shape index (κ3) is 3.26. The summed E-state index contributed by atoms with van der Waals surface area (Å²) in [4.78, 5) is 23.7. The molecule has 2 rings (SSSR count). The molecular formula is C14H22O5. The Morgan fingerprint density at radius 2 is 2.16 bits per heavy atom. The Kier molecular flexibility index (Phi) is 3.85. The maximum absolute atomic E-state index is 12.0. The van der Waals surface area contributed by atoms with Crippen molar-refractivity contribution in [1.29, 1.82) is 0 Å². The highest BCUT2D eigenvalue weighted by molar-refractivity contribution is 5.82. The van der Waals surface area contributed by atoms with Crippen LogP contribution in [0.1, 0.15) is 40.5 Å². The molecule has 5 nitrogen and oxygen atoms in total. The lowest BCUT2D eigenvalue weighted by molar-refractivity contribution is -0.168. The Morgan fingerprint density at radius 3 is 2.79 bits per heavy atom. The van der Waals surface area contributed by atoms with E-state index in [0.29, 0.717) is 19.4 Å². The first-order valence-corrected chi connectivity index (χ1v) is 6.80. The zero-order chi connectivity index (χ0) is 14.2. The number of rotatable bonds is 3. The number of ether oxygens (including phenoxy) is 3. The van der Waals surface area contributed by atoms with Crippen LogP contribution in [0, 0.1) is 11.3 Å². The summed E-state index contributed by atoms with van der Waals surface area (Å²) in [6.45, 7) is 8.57. The van der Waals surface area contributed by atoms with Gasteiger partial charge < -0.3 is 14.2 Å². The van der Waals surface area contributed by atoms with E-state index in [1.54, 1.807) is 0 Å². The fourth-order valence-electron chi connectivity index (χ4n) is 2.71. The van der Waals surface area contributed by atoms with Crippen LogP contribution in [-0.4, -0.2) is 36.9 Å². The molecule has 0 N–H and O–H groups in total. The molecule has 5 heteroatoms. The second-order valence-corrected chi connectivity index (χ2v) is 6.62. The Balaban J connectivity index is 1.93. The molecule has 0 aromatic heterocycles. The number of carbonyl (C=O) groups is 2. The van der Waals surface area contributed by atoms with Gasteiger partial charge in [-0.15, -0.1) is 0 Å². The SMILES string of the molecule is CC(CC(C)(C)C)C(=O)OC1C(=O)OC2CCOC21. The Hall–Kier alpha value is -1.10. The maximum Gasteiger partial charge on any atom is 0.350 e. The molecule has 2 aliphatic heterocycles. The van der Waals surface area contributed by atoms with Gasteiger partial charge in [-0.05, 0) is 11.8 Å². The minimum Gasteiger partial charge on any atom is -0.457 e. The average molecular weight is 270 g/mol. The second kappa shape index (κ2) is 5.12. The van der Waals surface area contributed by atoms with Crippen LogP contribution in [0.15, 0.2) is 0 Å². The minimum atomic E-state index is -0.887. The summed E-state index contributed by atoms with van der Waals surface area (Å²) < 4.78 is 15.9. The fourth-order valence-corrected chi connectivity index (χ4v) is 2.71. The van der Waals surface area contributed by atoms with Crippen molar-refractivity contribution in [2.24, 2.45) is 11.3 Å². The molecule has 19 heavy (non-hydrogen) atoms. The van der Waals surface area contributed by atoms with Gasteiger partial charge in [0, 0.05) is 6.42 Å². The first kappa shape index (κ1) is 14.3. The lowest BCUT2D eigenvalue weighted by Gasteiger charge is -2.23. The van der Waals surface area contributed by atoms with E-state index in [2.05, 4.69) is 20.8 Å². The highest BCUT2D eigenvalue weighted by Gasteiger charge is 2.51. The lowest BCUT2D eigenvalue weighted by atomic mass is 9.85. The summed E-state index contributed by atoms with van der Waals surface area (Å²) in [7, 11) is 0. The van der Waals surface area contributed by atoms with Gasteiger partial charge in [0.15, 0.2) is 0 Å². The minimum absolute atomic E-state index is 0.0427. The van der Waals surface area contributed by atoms with Gasteiger partial charge in [0.25, 0.3) is 0 Å². The van der Waals surface area contributed by atoms with Crippen molar-refractivity contribution < 1.29 is 23.8 Å². The van der Waals surface area contributed by atoms with Gasteiger partial charge in [0.05, 0.1) is 12.5 Å². The third-order valence-corrected chi connectivity index (χ3v) is 3.44. The van der Waals surface area contributed by atoms with Crippen LogP contribution in [0.5, 0.6) is 0 Å². The van der Waals surface area contributed by atoms with Crippen molar-refractivity contribution in [3.8, 4) is 0 Å². The molecule has 2 heterocycles. The molecule has 2 fully saturated rings. The van der Waals surface area contributed by atoms with Crippen LogP contribution in [0.3, 0.4) is 0 Å². The number of fused-ring (bicyclic) bond motifs is 1. The van der Waals surface area contributed by atoms with Crippen LogP contribution in [0.2, 0.25) is 0 Å². The Labute approximate surface area is 113 Å². The number of carbonyl (C=O) groups excluding carboxylic acids is 2. The predicted molar refractivity (Wildman–Crippen MR) is 67.4 cm³/mol. The van der Waals surface area contributed by atoms with Crippen LogP contribution >= 0.6 is 0 Å². The summed E-state index contributed by atoms with van der Waals surface area (Å²) in [5.74, 6) is -1.08. The quantitative estimate of drug-likeness (QED) is 0.730. The Morgan fingerprint density at radius 1 is 1.47 bits per heavy atom. The van der Waals surface area contributed by atoms with E-state index >= 15 is 0 Å². The molecule has 0 aliphatic carbocycles. The van der Waals surface area contributed by atoms with E-state index in [0.717, 1.165) is 0 Å². The van der Waals surface area contributed by atoms with E-state index in [9.17, 15) is 9.59 Å².